The molecule has 0 aliphatic carbocycles. The molecule has 4 nitrogen and oxygen atoms in total. The zero-order valence-corrected chi connectivity index (χ0v) is 11.6. The van der Waals surface area contributed by atoms with Crippen molar-refractivity contribution < 1.29 is 18.7 Å². The summed E-state index contributed by atoms with van der Waals surface area (Å²) in [6.07, 6.45) is 2.60. The lowest BCUT2D eigenvalue weighted by Gasteiger charge is -2.20. The van der Waals surface area contributed by atoms with E-state index >= 15 is 0 Å². The highest BCUT2D eigenvalue weighted by atomic mass is 19.1. The lowest BCUT2D eigenvalue weighted by Crippen LogP contribution is -2.26. The highest BCUT2D eigenvalue weighted by Crippen LogP contribution is 2.32. The molecule has 1 aliphatic heterocycles. The number of aliphatic hydroxyl groups excluding tert-OH is 1. The summed E-state index contributed by atoms with van der Waals surface area (Å²) in [4.78, 5) is 0. The molecule has 5 heteroatoms. The summed E-state index contributed by atoms with van der Waals surface area (Å²) in [5.41, 5.74) is 0.931. The van der Waals surface area contributed by atoms with E-state index in [0.717, 1.165) is 18.4 Å². The van der Waals surface area contributed by atoms with Gasteiger partial charge in [0, 0.05) is 24.2 Å². The van der Waals surface area contributed by atoms with Gasteiger partial charge in [0.15, 0.2) is 0 Å². The minimum absolute atomic E-state index is 0.0349. The first kappa shape index (κ1) is 14.1. The fourth-order valence-electron chi connectivity index (χ4n) is 2.59. The van der Waals surface area contributed by atoms with Crippen molar-refractivity contribution in [3.05, 3.63) is 53.7 Å². The van der Waals surface area contributed by atoms with Crippen LogP contribution >= 0.6 is 0 Å². The Balaban J connectivity index is 1.71. The molecule has 0 unspecified atom stereocenters. The molecule has 0 saturated carbocycles. The van der Waals surface area contributed by atoms with Gasteiger partial charge in [-0.25, -0.2) is 4.39 Å². The first-order chi connectivity index (χ1) is 10.2. The number of hydrogen-bond donors (Lipinski definition) is 2. The van der Waals surface area contributed by atoms with E-state index in [1.54, 1.807) is 18.2 Å². The molecule has 0 bridgehead atoms. The Hall–Kier alpha value is -1.85. The van der Waals surface area contributed by atoms with E-state index < -0.39 is 6.10 Å². The molecule has 0 saturated heterocycles. The van der Waals surface area contributed by atoms with Crippen molar-refractivity contribution in [3.8, 4) is 5.75 Å². The molecular weight excluding hydrogens is 273 g/mol. The normalized spacial score (nSPS) is 19.4. The van der Waals surface area contributed by atoms with Crippen LogP contribution in [0.1, 0.15) is 36.3 Å². The van der Waals surface area contributed by atoms with Crippen LogP contribution in [0.25, 0.3) is 0 Å². The lowest BCUT2D eigenvalue weighted by molar-refractivity contribution is 0.142. The number of aliphatic hydroxyl groups is 1. The van der Waals surface area contributed by atoms with Gasteiger partial charge in [0.05, 0.1) is 12.9 Å². The summed E-state index contributed by atoms with van der Waals surface area (Å²) in [6, 6.07) is 8.12. The fourth-order valence-corrected chi connectivity index (χ4v) is 2.59. The Morgan fingerprint density at radius 2 is 2.29 bits per heavy atom. The van der Waals surface area contributed by atoms with Crippen molar-refractivity contribution in [2.45, 2.75) is 25.0 Å². The summed E-state index contributed by atoms with van der Waals surface area (Å²) in [7, 11) is 0. The molecule has 21 heavy (non-hydrogen) atoms. The maximum absolute atomic E-state index is 13.3. The van der Waals surface area contributed by atoms with Crippen LogP contribution in [-0.4, -0.2) is 18.3 Å². The number of rotatable bonds is 4. The molecule has 0 fully saturated rings. The molecule has 112 valence electrons. The van der Waals surface area contributed by atoms with Crippen LogP contribution in [0.5, 0.6) is 5.75 Å². The van der Waals surface area contributed by atoms with Gasteiger partial charge in [-0.1, -0.05) is 6.07 Å². The van der Waals surface area contributed by atoms with E-state index in [1.807, 2.05) is 0 Å². The highest BCUT2D eigenvalue weighted by Gasteiger charge is 2.21. The standard InChI is InChI=1S/C16H18FNO3/c17-11-5-6-12-13(3-1-7-21-16(12)9-11)18-10-14(19)15-4-2-8-20-15/h2,4-6,8-9,13-14,18-19H,1,3,7,10H2/t13-,14-/m0/s1. The Labute approximate surface area is 122 Å². The Morgan fingerprint density at radius 1 is 1.38 bits per heavy atom. The molecule has 2 atom stereocenters. The van der Waals surface area contributed by atoms with E-state index in [4.69, 9.17) is 9.15 Å². The molecular formula is C16H18FNO3. The maximum Gasteiger partial charge on any atom is 0.133 e. The van der Waals surface area contributed by atoms with Gasteiger partial charge in [-0.15, -0.1) is 0 Å². The average Bonchev–Trinajstić information content (AvgIpc) is 2.94. The number of benzene rings is 1. The Kier molecular flexibility index (Phi) is 4.22. The van der Waals surface area contributed by atoms with E-state index in [-0.39, 0.29) is 11.9 Å². The number of furan rings is 1. The SMILES string of the molecule is O[C@@H](CN[C@H]1CCCOc2cc(F)ccc21)c1ccco1. The molecule has 1 aromatic carbocycles. The van der Waals surface area contributed by atoms with Crippen LogP contribution in [-0.2, 0) is 0 Å². The van der Waals surface area contributed by atoms with Crippen LogP contribution in [0.3, 0.4) is 0 Å². The van der Waals surface area contributed by atoms with Crippen LogP contribution in [0.2, 0.25) is 0 Å². The van der Waals surface area contributed by atoms with Gasteiger partial charge in [0.1, 0.15) is 23.4 Å². The summed E-state index contributed by atoms with van der Waals surface area (Å²) >= 11 is 0. The van der Waals surface area contributed by atoms with Gasteiger partial charge >= 0.3 is 0 Å². The second-order valence-corrected chi connectivity index (χ2v) is 5.16. The van der Waals surface area contributed by atoms with Crippen molar-refractivity contribution in [2.75, 3.05) is 13.2 Å². The average molecular weight is 291 g/mol. The first-order valence-corrected chi connectivity index (χ1v) is 7.11. The smallest absolute Gasteiger partial charge is 0.133 e. The van der Waals surface area contributed by atoms with Crippen LogP contribution in [0.15, 0.2) is 41.0 Å². The van der Waals surface area contributed by atoms with Gasteiger partial charge < -0.3 is 19.6 Å². The van der Waals surface area contributed by atoms with Crippen molar-refractivity contribution in [2.24, 2.45) is 0 Å². The third-order valence-electron chi connectivity index (χ3n) is 3.67. The Bertz CT molecular complexity index is 585. The zero-order valence-electron chi connectivity index (χ0n) is 11.6. The molecule has 0 amide bonds. The van der Waals surface area contributed by atoms with Crippen molar-refractivity contribution in [1.82, 2.24) is 5.32 Å². The number of ether oxygens (including phenoxy) is 1. The van der Waals surface area contributed by atoms with Gasteiger partial charge in [-0.05, 0) is 31.0 Å². The number of nitrogens with one attached hydrogen (secondary N) is 1. The fraction of sp³-hybridized carbons (Fsp3) is 0.375. The van der Waals surface area contributed by atoms with E-state index in [9.17, 15) is 9.50 Å². The molecule has 0 spiro atoms. The predicted molar refractivity (Wildman–Crippen MR) is 75.5 cm³/mol. The molecule has 3 rings (SSSR count). The van der Waals surface area contributed by atoms with Gasteiger partial charge in [0.2, 0.25) is 0 Å². The summed E-state index contributed by atoms with van der Waals surface area (Å²) in [5.74, 6) is 0.814. The van der Waals surface area contributed by atoms with Crippen molar-refractivity contribution in [1.29, 1.82) is 0 Å². The van der Waals surface area contributed by atoms with E-state index in [2.05, 4.69) is 5.32 Å². The monoisotopic (exact) mass is 291 g/mol. The van der Waals surface area contributed by atoms with Crippen LogP contribution in [0, 0.1) is 5.82 Å². The Morgan fingerprint density at radius 3 is 3.10 bits per heavy atom. The molecule has 1 aliphatic rings. The molecule has 0 radical (unpaired) electrons. The summed E-state index contributed by atoms with van der Waals surface area (Å²) in [5, 5.41) is 13.4. The molecule has 2 heterocycles. The molecule has 1 aromatic heterocycles. The maximum atomic E-state index is 13.3. The second-order valence-electron chi connectivity index (χ2n) is 5.16. The number of halogens is 1. The quantitative estimate of drug-likeness (QED) is 0.909. The first-order valence-electron chi connectivity index (χ1n) is 7.11. The summed E-state index contributed by atoms with van der Waals surface area (Å²) < 4.78 is 24.1. The highest BCUT2D eigenvalue weighted by molar-refractivity contribution is 5.37. The van der Waals surface area contributed by atoms with E-state index in [0.29, 0.717) is 24.7 Å². The lowest BCUT2D eigenvalue weighted by atomic mass is 10.0. The molecule has 2 aromatic rings. The number of fused-ring (bicyclic) bond motifs is 1. The largest absolute Gasteiger partial charge is 0.493 e. The minimum Gasteiger partial charge on any atom is -0.493 e. The topological polar surface area (TPSA) is 54.6 Å². The third-order valence-corrected chi connectivity index (χ3v) is 3.67. The van der Waals surface area contributed by atoms with Gasteiger partial charge in [-0.2, -0.15) is 0 Å². The summed E-state index contributed by atoms with van der Waals surface area (Å²) in [6.45, 7) is 0.949. The number of hydrogen-bond acceptors (Lipinski definition) is 4. The van der Waals surface area contributed by atoms with Crippen LogP contribution in [0.4, 0.5) is 4.39 Å². The predicted octanol–water partition coefficient (Wildman–Crippen LogP) is 2.96. The van der Waals surface area contributed by atoms with Crippen molar-refractivity contribution in [3.63, 3.8) is 0 Å². The van der Waals surface area contributed by atoms with Gasteiger partial charge in [-0.3, -0.25) is 0 Å². The second kappa shape index (κ2) is 6.28. The van der Waals surface area contributed by atoms with E-state index in [1.165, 1.54) is 18.4 Å². The van der Waals surface area contributed by atoms with Crippen molar-refractivity contribution >= 4 is 0 Å². The molecule has 2 N–H and O–H groups in total. The van der Waals surface area contributed by atoms with Crippen LogP contribution < -0.4 is 10.1 Å². The third kappa shape index (κ3) is 3.25. The van der Waals surface area contributed by atoms with Gasteiger partial charge in [0.25, 0.3) is 0 Å². The minimum atomic E-state index is -0.701. The zero-order chi connectivity index (χ0) is 14.7.